The highest BCUT2D eigenvalue weighted by Gasteiger charge is 2.24. The van der Waals surface area contributed by atoms with Crippen molar-refractivity contribution >= 4 is 23.2 Å². The van der Waals surface area contributed by atoms with Crippen molar-refractivity contribution in [2.45, 2.75) is 18.9 Å². The number of ether oxygens (including phenoxy) is 1. The van der Waals surface area contributed by atoms with Crippen LogP contribution in [0.2, 0.25) is 0 Å². The molecule has 1 unspecified atom stereocenters. The van der Waals surface area contributed by atoms with Gasteiger partial charge >= 0.3 is 5.97 Å². The van der Waals surface area contributed by atoms with Gasteiger partial charge in [-0.3, -0.25) is 4.79 Å². The van der Waals surface area contributed by atoms with Crippen LogP contribution < -0.4 is 0 Å². The van der Waals surface area contributed by atoms with Gasteiger partial charge in [-0.05, 0) is 34.7 Å². The average molecular weight is 345 g/mol. The highest BCUT2D eigenvalue weighted by atomic mass is 32.1. The van der Waals surface area contributed by atoms with E-state index in [0.29, 0.717) is 13.2 Å². The lowest BCUT2D eigenvalue weighted by Crippen LogP contribution is -2.34. The third kappa shape index (κ3) is 3.66. The zero-order chi connectivity index (χ0) is 17.1. The van der Waals surface area contributed by atoms with E-state index in [4.69, 9.17) is 9.84 Å². The van der Waals surface area contributed by atoms with Crippen LogP contribution in [0, 0.1) is 0 Å². The molecule has 1 aliphatic heterocycles. The lowest BCUT2D eigenvalue weighted by Gasteiger charge is -2.28. The molecule has 0 fully saturated rings. The summed E-state index contributed by atoms with van der Waals surface area (Å²) >= 11 is 1.74. The number of likely N-dealkylation sites (N-methyl/N-ethyl adjacent to an activating group) is 1. The number of amides is 1. The highest BCUT2D eigenvalue weighted by molar-refractivity contribution is 7.10. The zero-order valence-corrected chi connectivity index (χ0v) is 14.2. The van der Waals surface area contributed by atoms with Crippen molar-refractivity contribution in [3.05, 3.63) is 57.3 Å². The molecule has 6 heteroatoms. The number of carboxylic acids is 1. The number of carboxylic acid groups (broad SMARTS) is 1. The quantitative estimate of drug-likeness (QED) is 0.905. The summed E-state index contributed by atoms with van der Waals surface area (Å²) in [5.74, 6) is -0.977. The number of benzene rings is 1. The fourth-order valence-electron chi connectivity index (χ4n) is 2.80. The topological polar surface area (TPSA) is 66.8 Å². The summed E-state index contributed by atoms with van der Waals surface area (Å²) in [5, 5.41) is 11.0. The number of hydrogen-bond donors (Lipinski definition) is 1. The minimum absolute atomic E-state index is 0.0102. The van der Waals surface area contributed by atoms with Crippen LogP contribution in [0.3, 0.4) is 0 Å². The predicted molar refractivity (Wildman–Crippen MR) is 91.5 cm³/mol. The number of fused-ring (bicyclic) bond motifs is 1. The first kappa shape index (κ1) is 16.7. The van der Waals surface area contributed by atoms with Crippen LogP contribution >= 0.6 is 11.3 Å². The Morgan fingerprint density at radius 3 is 2.75 bits per heavy atom. The smallest absolute Gasteiger partial charge is 0.335 e. The van der Waals surface area contributed by atoms with Gasteiger partial charge in [-0.25, -0.2) is 4.79 Å². The van der Waals surface area contributed by atoms with Gasteiger partial charge in [-0.2, -0.15) is 0 Å². The Labute approximate surface area is 144 Å². The van der Waals surface area contributed by atoms with Crippen LogP contribution in [-0.4, -0.2) is 42.1 Å². The van der Waals surface area contributed by atoms with Crippen LogP contribution in [0.25, 0.3) is 0 Å². The maximum Gasteiger partial charge on any atom is 0.335 e. The Morgan fingerprint density at radius 2 is 2.04 bits per heavy atom. The molecule has 5 nitrogen and oxygen atoms in total. The second-order valence-corrected chi connectivity index (χ2v) is 6.86. The summed E-state index contributed by atoms with van der Waals surface area (Å²) in [7, 11) is 1.78. The van der Waals surface area contributed by atoms with Crippen molar-refractivity contribution in [1.82, 2.24) is 4.90 Å². The van der Waals surface area contributed by atoms with Gasteiger partial charge in [0.05, 0.1) is 25.1 Å². The molecule has 1 atom stereocenters. The summed E-state index contributed by atoms with van der Waals surface area (Å²) in [6, 6.07) is 8.49. The first-order valence-electron chi connectivity index (χ1n) is 7.78. The zero-order valence-electron chi connectivity index (χ0n) is 13.4. The van der Waals surface area contributed by atoms with Crippen LogP contribution in [-0.2, 0) is 22.4 Å². The lowest BCUT2D eigenvalue weighted by molar-refractivity contribution is -0.131. The van der Waals surface area contributed by atoms with Gasteiger partial charge in [-0.1, -0.05) is 12.1 Å². The number of nitrogens with zero attached hydrogens (tertiary/aromatic N) is 1. The van der Waals surface area contributed by atoms with E-state index in [0.717, 1.165) is 12.0 Å². The second kappa shape index (κ2) is 7.15. The maximum absolute atomic E-state index is 12.4. The largest absolute Gasteiger partial charge is 0.478 e. The number of rotatable bonds is 5. The summed E-state index contributed by atoms with van der Waals surface area (Å²) in [5.41, 5.74) is 2.22. The van der Waals surface area contributed by atoms with Gasteiger partial charge in [0, 0.05) is 18.3 Å². The third-order valence-corrected chi connectivity index (χ3v) is 5.19. The molecule has 0 saturated carbocycles. The van der Waals surface area contributed by atoms with Crippen molar-refractivity contribution in [2.24, 2.45) is 0 Å². The number of aromatic carboxylic acids is 1. The number of thiophene rings is 1. The molecular formula is C18H19NO4S. The Morgan fingerprint density at radius 1 is 1.29 bits per heavy atom. The molecule has 24 heavy (non-hydrogen) atoms. The van der Waals surface area contributed by atoms with Crippen molar-refractivity contribution < 1.29 is 19.4 Å². The number of carbonyl (C=O) groups is 2. The molecule has 0 aliphatic carbocycles. The van der Waals surface area contributed by atoms with E-state index in [2.05, 4.69) is 11.4 Å². The van der Waals surface area contributed by atoms with E-state index < -0.39 is 5.97 Å². The SMILES string of the molecule is CN(CC1OCCc2sccc21)C(=O)Cc1ccc(C(=O)O)cc1. The summed E-state index contributed by atoms with van der Waals surface area (Å²) in [4.78, 5) is 26.3. The van der Waals surface area contributed by atoms with Gasteiger partial charge in [0.25, 0.3) is 0 Å². The van der Waals surface area contributed by atoms with E-state index in [9.17, 15) is 9.59 Å². The fraction of sp³-hybridized carbons (Fsp3) is 0.333. The summed E-state index contributed by atoms with van der Waals surface area (Å²) in [6.07, 6.45) is 1.12. The third-order valence-electron chi connectivity index (χ3n) is 4.20. The molecule has 1 aromatic carbocycles. The minimum Gasteiger partial charge on any atom is -0.478 e. The molecular weight excluding hydrogens is 326 g/mol. The van der Waals surface area contributed by atoms with E-state index in [1.165, 1.54) is 22.6 Å². The van der Waals surface area contributed by atoms with Crippen LogP contribution in [0.15, 0.2) is 35.7 Å². The van der Waals surface area contributed by atoms with Gasteiger partial charge in [0.1, 0.15) is 6.10 Å². The monoisotopic (exact) mass is 345 g/mol. The first-order valence-corrected chi connectivity index (χ1v) is 8.66. The molecule has 0 radical (unpaired) electrons. The predicted octanol–water partition coefficient (Wildman–Crippen LogP) is 2.76. The molecule has 0 saturated heterocycles. The number of carbonyl (C=O) groups excluding carboxylic acids is 1. The van der Waals surface area contributed by atoms with Crippen molar-refractivity contribution in [1.29, 1.82) is 0 Å². The molecule has 0 bridgehead atoms. The Balaban J connectivity index is 1.60. The Kier molecular flexibility index (Phi) is 4.97. The van der Waals surface area contributed by atoms with Crippen molar-refractivity contribution in [3.63, 3.8) is 0 Å². The van der Waals surface area contributed by atoms with E-state index >= 15 is 0 Å². The van der Waals surface area contributed by atoms with Gasteiger partial charge in [0.15, 0.2) is 0 Å². The fourth-order valence-corrected chi connectivity index (χ4v) is 3.72. The summed E-state index contributed by atoms with van der Waals surface area (Å²) < 4.78 is 5.82. The van der Waals surface area contributed by atoms with Crippen molar-refractivity contribution in [2.75, 3.05) is 20.2 Å². The second-order valence-electron chi connectivity index (χ2n) is 5.86. The van der Waals surface area contributed by atoms with Gasteiger partial charge < -0.3 is 14.7 Å². The molecule has 0 spiro atoms. The first-order chi connectivity index (χ1) is 11.5. The van der Waals surface area contributed by atoms with Crippen LogP contribution in [0.5, 0.6) is 0 Å². The van der Waals surface area contributed by atoms with E-state index in [1.54, 1.807) is 35.4 Å². The molecule has 1 amide bonds. The van der Waals surface area contributed by atoms with Gasteiger partial charge in [0.2, 0.25) is 5.91 Å². The molecule has 3 rings (SSSR count). The average Bonchev–Trinajstić information content (AvgIpc) is 3.05. The minimum atomic E-state index is -0.967. The van der Waals surface area contributed by atoms with E-state index in [1.807, 2.05) is 0 Å². The number of hydrogen-bond acceptors (Lipinski definition) is 4. The molecule has 1 aromatic heterocycles. The molecule has 2 aromatic rings. The Hall–Kier alpha value is -2.18. The standard InChI is InChI=1S/C18H19NO4S/c1-19(11-15-14-7-9-24-16(14)6-8-23-15)17(20)10-12-2-4-13(5-3-12)18(21)22/h2-5,7,9,15H,6,8,10-11H2,1H3,(H,21,22). The molecule has 126 valence electrons. The highest BCUT2D eigenvalue weighted by Crippen LogP contribution is 2.31. The van der Waals surface area contributed by atoms with Crippen LogP contribution in [0.4, 0.5) is 0 Å². The Bertz CT molecular complexity index is 738. The molecule has 2 heterocycles. The van der Waals surface area contributed by atoms with Crippen LogP contribution in [0.1, 0.15) is 32.5 Å². The normalized spacial score (nSPS) is 16.5. The summed E-state index contributed by atoms with van der Waals surface area (Å²) in [6.45, 7) is 1.21. The maximum atomic E-state index is 12.4. The van der Waals surface area contributed by atoms with Crippen molar-refractivity contribution in [3.8, 4) is 0 Å². The van der Waals surface area contributed by atoms with E-state index in [-0.39, 0.29) is 24.0 Å². The molecule has 1 N–H and O–H groups in total. The molecule has 1 aliphatic rings. The lowest BCUT2D eigenvalue weighted by atomic mass is 10.1. The van der Waals surface area contributed by atoms with Gasteiger partial charge in [-0.15, -0.1) is 11.3 Å².